The lowest BCUT2D eigenvalue weighted by Crippen LogP contribution is -2.60. The molecule has 14 nitrogen and oxygen atoms in total. The maximum atomic E-state index is 14.1. The molecule has 1 aliphatic heterocycles. The average Bonchev–Trinajstić information content (AvgIpc) is 3.57. The number of sulfone groups is 1. The summed E-state index contributed by atoms with van der Waals surface area (Å²) >= 11 is 0. The summed E-state index contributed by atoms with van der Waals surface area (Å²) in [6.07, 6.45) is 1.85. The number of rotatable bonds is 20. The van der Waals surface area contributed by atoms with Gasteiger partial charge in [-0.2, -0.15) is 0 Å². The lowest BCUT2D eigenvalue weighted by atomic mass is 9.89. The van der Waals surface area contributed by atoms with E-state index in [1.807, 2.05) is 44.2 Å². The van der Waals surface area contributed by atoms with Gasteiger partial charge in [-0.3, -0.25) is 24.1 Å². The van der Waals surface area contributed by atoms with Crippen molar-refractivity contribution in [1.82, 2.24) is 25.3 Å². The van der Waals surface area contributed by atoms with E-state index in [1.165, 1.54) is 14.2 Å². The van der Waals surface area contributed by atoms with Gasteiger partial charge in [0.05, 0.1) is 18.6 Å². The Bertz CT molecular complexity index is 1490. The highest BCUT2D eigenvalue weighted by Crippen LogP contribution is 2.27. The lowest BCUT2D eigenvalue weighted by molar-refractivity contribution is -0.146. The first-order valence-corrected chi connectivity index (χ1v) is 20.6. The van der Waals surface area contributed by atoms with Crippen molar-refractivity contribution < 1.29 is 42.2 Å². The molecule has 1 heterocycles. The molecule has 0 radical (unpaired) electrons. The highest BCUT2D eigenvalue weighted by molar-refractivity contribution is 7.91. The number of nitrogens with zero attached hydrogens (tertiary/aromatic N) is 3. The Morgan fingerprint density at radius 2 is 1.60 bits per heavy atom. The number of benzene rings is 1. The molecule has 7 unspecified atom stereocenters. The number of carbonyl (C=O) groups is 5. The fraction of sp³-hybridized carbons (Fsp3) is 0.711. The van der Waals surface area contributed by atoms with Crippen molar-refractivity contribution in [3.63, 3.8) is 0 Å². The maximum Gasteiger partial charge on any atom is 0.407 e. The number of carbonyl (C=O) groups excluding carboxylic acids is 4. The lowest BCUT2D eigenvalue weighted by Gasteiger charge is -2.40. The Labute approximate surface area is 316 Å². The SMILES string of the molecule is CCC(C)C(C(CC(=O)N1CCCC1CCC(=O)NC(Cc1ccccc1)S(C)(=O)=O)OC)N(C)C(=O)C(NC(=O)C(C(C)C)N(C)C(=O)O)C(C)C. The Hall–Kier alpha value is -3.72. The van der Waals surface area contributed by atoms with Crippen LogP contribution in [0.3, 0.4) is 0 Å². The first kappa shape index (κ1) is 45.4. The van der Waals surface area contributed by atoms with Gasteiger partial charge in [0.2, 0.25) is 23.6 Å². The van der Waals surface area contributed by atoms with E-state index in [0.29, 0.717) is 25.8 Å². The zero-order valence-corrected chi connectivity index (χ0v) is 34.0. The van der Waals surface area contributed by atoms with Gasteiger partial charge in [0.15, 0.2) is 9.84 Å². The average molecular weight is 766 g/mol. The molecule has 1 aliphatic rings. The number of methoxy groups -OCH3 is 1. The van der Waals surface area contributed by atoms with Crippen LogP contribution in [0, 0.1) is 17.8 Å². The van der Waals surface area contributed by atoms with E-state index in [2.05, 4.69) is 10.6 Å². The van der Waals surface area contributed by atoms with Crippen molar-refractivity contribution in [2.75, 3.05) is 34.0 Å². The molecule has 15 heteroatoms. The predicted molar refractivity (Wildman–Crippen MR) is 203 cm³/mol. The zero-order valence-electron chi connectivity index (χ0n) is 33.2. The standard InChI is InChI=1S/C38H63N5O9S/c1-11-26(6)35(41(7)37(47)33(24(2)3)40-36(46)34(25(4)5)42(8)38(48)49)29(52-9)23-32(45)43-21-15-18-28(43)19-20-30(44)39-31(53(10,50)51)22-27-16-13-12-14-17-27/h12-14,16-17,24-26,28-29,31,33-35H,11,15,18-23H2,1-10H3,(H,39,44)(H,40,46)(H,48,49). The molecular formula is C38H63N5O9S. The van der Waals surface area contributed by atoms with Gasteiger partial charge in [0.25, 0.3) is 0 Å². The summed E-state index contributed by atoms with van der Waals surface area (Å²) in [5.41, 5.74) is 0.791. The molecule has 0 aliphatic carbocycles. The molecule has 0 saturated carbocycles. The van der Waals surface area contributed by atoms with Crippen molar-refractivity contribution in [3.8, 4) is 0 Å². The topological polar surface area (TPSA) is 183 Å². The zero-order chi connectivity index (χ0) is 40.2. The second-order valence-electron chi connectivity index (χ2n) is 15.1. The Kier molecular flexibility index (Phi) is 17.7. The number of amides is 5. The van der Waals surface area contributed by atoms with Crippen LogP contribution in [0.5, 0.6) is 0 Å². The van der Waals surface area contributed by atoms with Crippen LogP contribution in [0.4, 0.5) is 4.79 Å². The summed E-state index contributed by atoms with van der Waals surface area (Å²) in [5, 5.41) is 14.0. The Morgan fingerprint density at radius 1 is 0.981 bits per heavy atom. The summed E-state index contributed by atoms with van der Waals surface area (Å²) in [4.78, 5) is 70.4. The molecule has 0 aromatic heterocycles. The Balaban J connectivity index is 2.18. The molecule has 300 valence electrons. The van der Waals surface area contributed by atoms with Gasteiger partial charge in [-0.05, 0) is 42.6 Å². The molecule has 0 bridgehead atoms. The molecule has 3 N–H and O–H groups in total. The largest absolute Gasteiger partial charge is 0.465 e. The number of nitrogens with one attached hydrogen (secondary N) is 2. The van der Waals surface area contributed by atoms with Crippen molar-refractivity contribution in [2.24, 2.45) is 17.8 Å². The van der Waals surface area contributed by atoms with E-state index in [1.54, 1.807) is 44.5 Å². The van der Waals surface area contributed by atoms with Gasteiger partial charge in [-0.25, -0.2) is 13.2 Å². The quantitative estimate of drug-likeness (QED) is 0.179. The summed E-state index contributed by atoms with van der Waals surface area (Å²) in [5.74, 6) is -2.28. The van der Waals surface area contributed by atoms with Crippen LogP contribution in [0.15, 0.2) is 30.3 Å². The van der Waals surface area contributed by atoms with Crippen LogP contribution in [-0.4, -0.2) is 128 Å². The van der Waals surface area contributed by atoms with Gasteiger partial charge in [-0.15, -0.1) is 0 Å². The minimum absolute atomic E-state index is 0.0173. The highest BCUT2D eigenvalue weighted by atomic mass is 32.2. The monoisotopic (exact) mass is 765 g/mol. The Morgan fingerprint density at radius 3 is 2.11 bits per heavy atom. The predicted octanol–water partition coefficient (Wildman–Crippen LogP) is 3.54. The molecular weight excluding hydrogens is 703 g/mol. The van der Waals surface area contributed by atoms with Crippen LogP contribution in [-0.2, 0) is 40.2 Å². The third kappa shape index (κ3) is 13.0. The first-order valence-electron chi connectivity index (χ1n) is 18.6. The fourth-order valence-corrected chi connectivity index (χ4v) is 8.03. The number of likely N-dealkylation sites (N-methyl/N-ethyl adjacent to an activating group) is 2. The number of hydrogen-bond donors (Lipinski definition) is 3. The van der Waals surface area contributed by atoms with Gasteiger partial charge >= 0.3 is 6.09 Å². The molecule has 53 heavy (non-hydrogen) atoms. The van der Waals surface area contributed by atoms with Gasteiger partial charge in [0.1, 0.15) is 17.5 Å². The number of likely N-dealkylation sites (tertiary alicyclic amines) is 1. The van der Waals surface area contributed by atoms with Crippen LogP contribution >= 0.6 is 0 Å². The molecule has 1 aromatic rings. The van der Waals surface area contributed by atoms with Crippen molar-refractivity contribution in [3.05, 3.63) is 35.9 Å². The number of hydrogen-bond acceptors (Lipinski definition) is 8. The van der Waals surface area contributed by atoms with Crippen molar-refractivity contribution in [2.45, 2.75) is 122 Å². The summed E-state index contributed by atoms with van der Waals surface area (Å²) < 4.78 is 30.9. The molecule has 5 amide bonds. The van der Waals surface area contributed by atoms with E-state index in [-0.39, 0.29) is 54.9 Å². The normalized spacial score (nSPS) is 18.1. The maximum absolute atomic E-state index is 14.1. The molecule has 0 spiro atoms. The number of ether oxygens (including phenoxy) is 1. The summed E-state index contributed by atoms with van der Waals surface area (Å²) in [7, 11) is 0.885. The molecule has 7 atom stereocenters. The second kappa shape index (κ2) is 20.7. The second-order valence-corrected chi connectivity index (χ2v) is 17.3. The first-order chi connectivity index (χ1) is 24.7. The van der Waals surface area contributed by atoms with E-state index < -0.39 is 57.3 Å². The van der Waals surface area contributed by atoms with Crippen LogP contribution in [0.25, 0.3) is 0 Å². The minimum Gasteiger partial charge on any atom is -0.465 e. The molecule has 1 fully saturated rings. The van der Waals surface area contributed by atoms with E-state index in [9.17, 15) is 37.5 Å². The molecule has 2 rings (SSSR count). The van der Waals surface area contributed by atoms with Crippen LogP contribution in [0.2, 0.25) is 0 Å². The van der Waals surface area contributed by atoms with Gasteiger partial charge in [-0.1, -0.05) is 78.3 Å². The summed E-state index contributed by atoms with van der Waals surface area (Å²) in [6.45, 7) is 11.5. The van der Waals surface area contributed by atoms with Gasteiger partial charge < -0.3 is 30.3 Å². The third-order valence-electron chi connectivity index (χ3n) is 10.4. The van der Waals surface area contributed by atoms with Crippen LogP contribution < -0.4 is 10.6 Å². The van der Waals surface area contributed by atoms with Crippen molar-refractivity contribution in [1.29, 1.82) is 0 Å². The fourth-order valence-electron chi connectivity index (χ4n) is 7.19. The number of carboxylic acid groups (broad SMARTS) is 1. The highest BCUT2D eigenvalue weighted by Gasteiger charge is 2.41. The van der Waals surface area contributed by atoms with E-state index in [0.717, 1.165) is 23.1 Å². The molecule has 1 aromatic carbocycles. The molecule has 1 saturated heterocycles. The van der Waals surface area contributed by atoms with Crippen LogP contribution in [0.1, 0.15) is 85.6 Å². The van der Waals surface area contributed by atoms with Gasteiger partial charge in [0, 0.05) is 52.9 Å². The third-order valence-corrected chi connectivity index (χ3v) is 11.8. The van der Waals surface area contributed by atoms with E-state index in [4.69, 9.17) is 4.74 Å². The summed E-state index contributed by atoms with van der Waals surface area (Å²) in [6, 6.07) is 6.37. The minimum atomic E-state index is -3.58. The smallest absolute Gasteiger partial charge is 0.407 e. The van der Waals surface area contributed by atoms with E-state index >= 15 is 0 Å². The van der Waals surface area contributed by atoms with Crippen molar-refractivity contribution >= 4 is 39.6 Å².